The highest BCUT2D eigenvalue weighted by Gasteiger charge is 2.15. The average Bonchev–Trinajstić information content (AvgIpc) is 2.70. The molecular formula is C20H36N6O2. The van der Waals surface area contributed by atoms with Gasteiger partial charge < -0.3 is 21.5 Å². The SMILES string of the molecule is CC.CCN=C(N)c1cnc(NC(=O)N[C@H](COC)c2ccccc2)cc1N.[HH].[HH].[HH]. The van der Waals surface area contributed by atoms with Crippen LogP contribution in [-0.2, 0) is 4.74 Å². The van der Waals surface area contributed by atoms with E-state index in [1.807, 2.05) is 51.1 Å². The van der Waals surface area contributed by atoms with Crippen LogP contribution in [0.4, 0.5) is 16.3 Å². The number of amides is 2. The number of methoxy groups -OCH3 is 1. The molecule has 8 heteroatoms. The van der Waals surface area contributed by atoms with E-state index in [1.165, 1.54) is 6.20 Å². The molecule has 2 aromatic rings. The second-order valence-electron chi connectivity index (χ2n) is 5.53. The lowest BCUT2D eigenvalue weighted by Gasteiger charge is -2.18. The van der Waals surface area contributed by atoms with E-state index in [1.54, 1.807) is 13.2 Å². The summed E-state index contributed by atoms with van der Waals surface area (Å²) in [6, 6.07) is 10.4. The number of anilines is 2. The second kappa shape index (κ2) is 12.3. The lowest BCUT2D eigenvalue weighted by atomic mass is 10.1. The predicted octanol–water partition coefficient (Wildman–Crippen LogP) is 3.66. The van der Waals surface area contributed by atoms with Gasteiger partial charge in [0.25, 0.3) is 0 Å². The smallest absolute Gasteiger partial charge is 0.320 e. The topological polar surface area (TPSA) is 128 Å². The molecule has 0 aliphatic rings. The maximum Gasteiger partial charge on any atom is 0.320 e. The van der Waals surface area contributed by atoms with E-state index in [4.69, 9.17) is 16.2 Å². The summed E-state index contributed by atoms with van der Waals surface area (Å²) in [5, 5.41) is 5.52. The van der Waals surface area contributed by atoms with Crippen LogP contribution < -0.4 is 22.1 Å². The minimum Gasteiger partial charge on any atom is -0.398 e. The van der Waals surface area contributed by atoms with Gasteiger partial charge in [-0.25, -0.2) is 9.78 Å². The lowest BCUT2D eigenvalue weighted by molar-refractivity contribution is 0.168. The number of nitrogens with zero attached hydrogens (tertiary/aromatic N) is 2. The molecule has 0 spiro atoms. The number of nitrogens with two attached hydrogens (primary N) is 2. The third kappa shape index (κ3) is 6.88. The number of ether oxygens (including phenoxy) is 1. The Balaban J connectivity index is -0.00000152. The highest BCUT2D eigenvalue weighted by molar-refractivity contribution is 6.02. The first-order valence-corrected chi connectivity index (χ1v) is 9.22. The molecule has 0 fully saturated rings. The summed E-state index contributed by atoms with van der Waals surface area (Å²) in [6.45, 7) is 6.77. The van der Waals surface area contributed by atoms with E-state index >= 15 is 0 Å². The number of aliphatic imine (C=N–C) groups is 1. The molecule has 6 N–H and O–H groups in total. The van der Waals surface area contributed by atoms with Crippen molar-refractivity contribution in [2.24, 2.45) is 10.7 Å². The third-order valence-electron chi connectivity index (χ3n) is 3.62. The van der Waals surface area contributed by atoms with Crippen LogP contribution in [0.25, 0.3) is 0 Å². The van der Waals surface area contributed by atoms with Crippen LogP contribution in [0.15, 0.2) is 47.6 Å². The fourth-order valence-electron chi connectivity index (χ4n) is 2.39. The summed E-state index contributed by atoms with van der Waals surface area (Å²) < 4.78 is 5.19. The molecule has 0 radical (unpaired) electrons. The largest absolute Gasteiger partial charge is 0.398 e. The van der Waals surface area contributed by atoms with Crippen molar-refractivity contribution in [2.75, 3.05) is 31.3 Å². The van der Waals surface area contributed by atoms with E-state index < -0.39 is 6.03 Å². The van der Waals surface area contributed by atoms with Gasteiger partial charge in [0, 0.05) is 35.9 Å². The molecule has 0 saturated heterocycles. The molecule has 1 heterocycles. The molecule has 0 aliphatic carbocycles. The van der Waals surface area contributed by atoms with Gasteiger partial charge in [-0.3, -0.25) is 10.3 Å². The normalized spacial score (nSPS) is 11.8. The first-order valence-electron chi connectivity index (χ1n) is 9.22. The Morgan fingerprint density at radius 3 is 2.57 bits per heavy atom. The Labute approximate surface area is 170 Å². The minimum absolute atomic E-state index is 0. The van der Waals surface area contributed by atoms with Crippen molar-refractivity contribution in [3.8, 4) is 0 Å². The quantitative estimate of drug-likeness (QED) is 0.422. The zero-order chi connectivity index (χ0) is 20.9. The van der Waals surface area contributed by atoms with Gasteiger partial charge in [-0.2, -0.15) is 0 Å². The van der Waals surface area contributed by atoms with Crippen LogP contribution >= 0.6 is 0 Å². The number of hydrogen-bond donors (Lipinski definition) is 4. The highest BCUT2D eigenvalue weighted by atomic mass is 16.5. The standard InChI is InChI=1S/C18H24N6O2.C2H6.3H2/c1-3-21-17(20)13-10-22-16(9-14(13)19)24-18(25)23-15(11-26-2)12-7-5-4-6-8-12;1-2;;;/h4-10,15H,3,11H2,1-2H3,(H2,20,21)(H4,19,22,23,24,25);1-2H3;3*1H/t15-;;;;/m1..../s1. The molecule has 28 heavy (non-hydrogen) atoms. The van der Waals surface area contributed by atoms with Crippen LogP contribution in [0.1, 0.15) is 42.2 Å². The third-order valence-corrected chi connectivity index (χ3v) is 3.62. The number of carbonyl (C=O) groups excluding carboxylic acids is 1. The summed E-state index contributed by atoms with van der Waals surface area (Å²) in [5.41, 5.74) is 13.7. The highest BCUT2D eigenvalue weighted by Crippen LogP contribution is 2.16. The van der Waals surface area contributed by atoms with E-state index in [9.17, 15) is 4.79 Å². The zero-order valence-corrected chi connectivity index (χ0v) is 16.9. The van der Waals surface area contributed by atoms with Crippen molar-refractivity contribution < 1.29 is 13.8 Å². The number of nitrogen functional groups attached to an aromatic ring is 1. The van der Waals surface area contributed by atoms with Crippen LogP contribution in [0.5, 0.6) is 0 Å². The second-order valence-corrected chi connectivity index (χ2v) is 5.53. The van der Waals surface area contributed by atoms with E-state index in [-0.39, 0.29) is 10.3 Å². The van der Waals surface area contributed by atoms with Crippen molar-refractivity contribution in [1.29, 1.82) is 0 Å². The molecule has 0 aliphatic heterocycles. The van der Waals surface area contributed by atoms with E-state index in [2.05, 4.69) is 20.6 Å². The number of nitrogens with one attached hydrogen (secondary N) is 2. The first kappa shape index (κ1) is 22.9. The fourth-order valence-corrected chi connectivity index (χ4v) is 2.39. The predicted molar refractivity (Wildman–Crippen MR) is 121 cm³/mol. The van der Waals surface area contributed by atoms with Crippen LogP contribution in [0.3, 0.4) is 0 Å². The van der Waals surface area contributed by atoms with Gasteiger partial charge in [-0.15, -0.1) is 0 Å². The van der Waals surface area contributed by atoms with Gasteiger partial charge in [0.2, 0.25) is 0 Å². The van der Waals surface area contributed by atoms with Gasteiger partial charge in [-0.1, -0.05) is 44.2 Å². The Morgan fingerprint density at radius 1 is 1.32 bits per heavy atom. The van der Waals surface area contributed by atoms with Crippen molar-refractivity contribution in [3.63, 3.8) is 0 Å². The number of amidine groups is 1. The van der Waals surface area contributed by atoms with Crippen molar-refractivity contribution >= 4 is 23.4 Å². The van der Waals surface area contributed by atoms with Crippen LogP contribution in [0.2, 0.25) is 0 Å². The lowest BCUT2D eigenvalue weighted by Crippen LogP contribution is -2.35. The van der Waals surface area contributed by atoms with Crippen molar-refractivity contribution in [1.82, 2.24) is 10.3 Å². The first-order chi connectivity index (χ1) is 13.5. The van der Waals surface area contributed by atoms with Gasteiger partial charge in [0.15, 0.2) is 0 Å². The number of rotatable bonds is 7. The maximum atomic E-state index is 12.3. The van der Waals surface area contributed by atoms with Crippen LogP contribution in [-0.4, -0.2) is 37.1 Å². The summed E-state index contributed by atoms with van der Waals surface area (Å²) >= 11 is 0. The van der Waals surface area contributed by atoms with Gasteiger partial charge in [-0.05, 0) is 12.5 Å². The molecule has 2 amide bonds. The molecular weight excluding hydrogens is 356 g/mol. The molecule has 0 unspecified atom stereocenters. The van der Waals surface area contributed by atoms with Crippen molar-refractivity contribution in [2.45, 2.75) is 26.8 Å². The Hall–Kier alpha value is -3.13. The van der Waals surface area contributed by atoms with Gasteiger partial charge in [0.05, 0.1) is 18.2 Å². The van der Waals surface area contributed by atoms with Gasteiger partial charge in [0.1, 0.15) is 11.7 Å². The van der Waals surface area contributed by atoms with Crippen LogP contribution in [0, 0.1) is 0 Å². The van der Waals surface area contributed by atoms with Crippen molar-refractivity contribution in [3.05, 3.63) is 53.7 Å². The average molecular weight is 393 g/mol. The number of hydrogen-bond acceptors (Lipinski definition) is 5. The van der Waals surface area contributed by atoms with Gasteiger partial charge >= 0.3 is 6.03 Å². The Morgan fingerprint density at radius 2 is 2.00 bits per heavy atom. The number of urea groups is 1. The summed E-state index contributed by atoms with van der Waals surface area (Å²) in [6.07, 6.45) is 1.49. The number of carbonyl (C=O) groups is 1. The minimum atomic E-state index is -0.411. The summed E-state index contributed by atoms with van der Waals surface area (Å²) in [4.78, 5) is 20.6. The summed E-state index contributed by atoms with van der Waals surface area (Å²) in [5.74, 6) is 0.634. The maximum absolute atomic E-state index is 12.3. The fraction of sp³-hybridized carbons (Fsp3) is 0.350. The molecule has 0 saturated carbocycles. The summed E-state index contributed by atoms with van der Waals surface area (Å²) in [7, 11) is 1.58. The molecule has 1 aromatic carbocycles. The molecule has 158 valence electrons. The Kier molecular flexibility index (Phi) is 10.1. The van der Waals surface area contributed by atoms with E-state index in [0.717, 1.165) is 5.56 Å². The molecule has 1 atom stereocenters. The molecule has 0 bridgehead atoms. The number of pyridine rings is 1. The monoisotopic (exact) mass is 392 g/mol. The van der Waals surface area contributed by atoms with E-state index in [0.29, 0.717) is 36.1 Å². The number of aromatic nitrogens is 1. The molecule has 8 nitrogen and oxygen atoms in total. The molecule has 1 aromatic heterocycles. The zero-order valence-electron chi connectivity index (χ0n) is 16.9. The molecule has 2 rings (SSSR count). The Bertz CT molecular complexity index is 779. The number of benzene rings is 1.